The first-order valence-electron chi connectivity index (χ1n) is 8.44. The van der Waals surface area contributed by atoms with E-state index in [9.17, 15) is 9.59 Å². The van der Waals surface area contributed by atoms with Crippen LogP contribution in [0.5, 0.6) is 0 Å². The van der Waals surface area contributed by atoms with Gasteiger partial charge in [0, 0.05) is 5.39 Å². The van der Waals surface area contributed by atoms with E-state index in [2.05, 4.69) is 10.3 Å². The third-order valence-electron chi connectivity index (χ3n) is 4.03. The van der Waals surface area contributed by atoms with Crippen LogP contribution in [0.4, 0.5) is 0 Å². The Labute approximate surface area is 157 Å². The van der Waals surface area contributed by atoms with Crippen molar-refractivity contribution in [3.8, 4) is 0 Å². The molecule has 0 saturated heterocycles. The summed E-state index contributed by atoms with van der Waals surface area (Å²) in [5.41, 5.74) is 1.93. The molecular formula is C21H20N2O2S. The molecule has 0 aliphatic heterocycles. The van der Waals surface area contributed by atoms with Gasteiger partial charge in [0.25, 0.3) is 0 Å². The van der Waals surface area contributed by atoms with Crippen LogP contribution < -0.4 is 5.32 Å². The van der Waals surface area contributed by atoms with Gasteiger partial charge < -0.3 is 5.32 Å². The van der Waals surface area contributed by atoms with Crippen molar-refractivity contribution < 1.29 is 9.59 Å². The van der Waals surface area contributed by atoms with E-state index in [0.29, 0.717) is 6.42 Å². The highest BCUT2D eigenvalue weighted by Gasteiger charge is 2.17. The summed E-state index contributed by atoms with van der Waals surface area (Å²) >= 11 is 1.37. The quantitative estimate of drug-likeness (QED) is 0.650. The Morgan fingerprint density at radius 1 is 1.00 bits per heavy atom. The lowest BCUT2D eigenvalue weighted by molar-refractivity contribution is -0.125. The van der Waals surface area contributed by atoms with Gasteiger partial charge in [-0.2, -0.15) is 0 Å². The van der Waals surface area contributed by atoms with Crippen molar-refractivity contribution in [1.29, 1.82) is 0 Å². The fourth-order valence-electron chi connectivity index (χ4n) is 2.65. The van der Waals surface area contributed by atoms with Crippen molar-refractivity contribution in [1.82, 2.24) is 10.3 Å². The number of nitrogens with one attached hydrogen (secondary N) is 1. The first-order valence-corrected chi connectivity index (χ1v) is 9.43. The van der Waals surface area contributed by atoms with E-state index in [-0.39, 0.29) is 17.4 Å². The standard InChI is InChI=1S/C21H20N2O2S/c1-15(24)19(13-16-7-3-2-4-8-16)22-20(25)14-26-21-12-11-17-9-5-6-10-18(17)23-21/h2-12,19H,13-14H2,1H3,(H,22,25)/t19-/m0/s1. The second kappa shape index (κ2) is 8.63. The van der Waals surface area contributed by atoms with Gasteiger partial charge in [-0.1, -0.05) is 66.4 Å². The lowest BCUT2D eigenvalue weighted by atomic mass is 10.0. The lowest BCUT2D eigenvalue weighted by Gasteiger charge is -2.16. The topological polar surface area (TPSA) is 59.1 Å². The first-order chi connectivity index (χ1) is 12.6. The van der Waals surface area contributed by atoms with Crippen LogP contribution in [0.1, 0.15) is 12.5 Å². The molecule has 0 unspecified atom stereocenters. The molecule has 2 aromatic carbocycles. The Kier molecular flexibility index (Phi) is 6.02. The van der Waals surface area contributed by atoms with Crippen LogP contribution in [0.15, 0.2) is 71.8 Å². The number of ketones is 1. The summed E-state index contributed by atoms with van der Waals surface area (Å²) in [6.07, 6.45) is 0.501. The van der Waals surface area contributed by atoms with Gasteiger partial charge in [0.2, 0.25) is 5.91 Å². The SMILES string of the molecule is CC(=O)[C@H](Cc1ccccc1)NC(=O)CSc1ccc2ccccc2n1. The highest BCUT2D eigenvalue weighted by molar-refractivity contribution is 7.99. The van der Waals surface area contributed by atoms with Crippen molar-refractivity contribution in [3.05, 3.63) is 72.3 Å². The van der Waals surface area contributed by atoms with Crippen LogP contribution in [0, 0.1) is 0 Å². The summed E-state index contributed by atoms with van der Waals surface area (Å²) in [7, 11) is 0. The van der Waals surface area contributed by atoms with E-state index in [4.69, 9.17) is 0 Å². The number of aromatic nitrogens is 1. The monoisotopic (exact) mass is 364 g/mol. The number of carbonyl (C=O) groups is 2. The Morgan fingerprint density at radius 3 is 2.50 bits per heavy atom. The average Bonchev–Trinajstić information content (AvgIpc) is 2.66. The molecule has 3 aromatic rings. The molecule has 0 saturated carbocycles. The van der Waals surface area contributed by atoms with E-state index in [1.807, 2.05) is 66.7 Å². The van der Waals surface area contributed by atoms with Gasteiger partial charge in [-0.3, -0.25) is 9.59 Å². The van der Waals surface area contributed by atoms with Crippen LogP contribution in [-0.2, 0) is 16.0 Å². The largest absolute Gasteiger partial charge is 0.345 e. The fraction of sp³-hybridized carbons (Fsp3) is 0.190. The molecule has 26 heavy (non-hydrogen) atoms. The van der Waals surface area contributed by atoms with Crippen LogP contribution >= 0.6 is 11.8 Å². The summed E-state index contributed by atoms with van der Waals surface area (Å²) in [6.45, 7) is 1.51. The average molecular weight is 364 g/mol. The molecule has 132 valence electrons. The molecule has 4 nitrogen and oxygen atoms in total. The molecule has 0 radical (unpaired) electrons. The zero-order valence-corrected chi connectivity index (χ0v) is 15.3. The zero-order valence-electron chi connectivity index (χ0n) is 14.5. The number of rotatable bonds is 7. The van der Waals surface area contributed by atoms with Crippen molar-refractivity contribution in [2.45, 2.75) is 24.4 Å². The molecule has 0 spiro atoms. The van der Waals surface area contributed by atoms with Crippen LogP contribution in [0.3, 0.4) is 0 Å². The molecule has 1 heterocycles. The Balaban J connectivity index is 1.58. The summed E-state index contributed by atoms with van der Waals surface area (Å²) in [6, 6.07) is 21.0. The maximum Gasteiger partial charge on any atom is 0.231 e. The number of hydrogen-bond donors (Lipinski definition) is 1. The first kappa shape index (κ1) is 18.1. The predicted octanol–water partition coefficient (Wildman–Crippen LogP) is 3.64. The highest BCUT2D eigenvalue weighted by atomic mass is 32.2. The normalized spacial score (nSPS) is 11.9. The second-order valence-electron chi connectivity index (χ2n) is 6.05. The number of pyridine rings is 1. The number of carbonyl (C=O) groups excluding carboxylic acids is 2. The summed E-state index contributed by atoms with van der Waals surface area (Å²) in [4.78, 5) is 28.7. The van der Waals surface area contributed by atoms with Gasteiger partial charge in [0.05, 0.1) is 22.3 Å². The van der Waals surface area contributed by atoms with Crippen molar-refractivity contribution >= 4 is 34.4 Å². The third-order valence-corrected chi connectivity index (χ3v) is 4.96. The lowest BCUT2D eigenvalue weighted by Crippen LogP contribution is -2.42. The van der Waals surface area contributed by atoms with Gasteiger partial charge in [-0.15, -0.1) is 0 Å². The number of Topliss-reactive ketones (excluding diaryl/α,β-unsaturated/α-hetero) is 1. The van der Waals surface area contributed by atoms with Crippen molar-refractivity contribution in [2.24, 2.45) is 0 Å². The number of para-hydroxylation sites is 1. The van der Waals surface area contributed by atoms with E-state index in [1.165, 1.54) is 18.7 Å². The predicted molar refractivity (Wildman–Crippen MR) is 105 cm³/mol. The van der Waals surface area contributed by atoms with E-state index in [1.54, 1.807) is 0 Å². The summed E-state index contributed by atoms with van der Waals surface area (Å²) in [5, 5.41) is 4.70. The molecule has 0 aliphatic rings. The van der Waals surface area contributed by atoms with Crippen molar-refractivity contribution in [3.63, 3.8) is 0 Å². The minimum Gasteiger partial charge on any atom is -0.345 e. The van der Waals surface area contributed by atoms with Gasteiger partial charge in [0.1, 0.15) is 0 Å². The second-order valence-corrected chi connectivity index (χ2v) is 7.05. The van der Waals surface area contributed by atoms with E-state index < -0.39 is 6.04 Å². The minimum atomic E-state index is -0.505. The number of fused-ring (bicyclic) bond motifs is 1. The van der Waals surface area contributed by atoms with Gasteiger partial charge in [-0.25, -0.2) is 4.98 Å². The maximum absolute atomic E-state index is 12.3. The molecule has 1 aromatic heterocycles. The molecule has 1 amide bonds. The number of hydrogen-bond acceptors (Lipinski definition) is 4. The summed E-state index contributed by atoms with van der Waals surface area (Å²) in [5.74, 6) is 0.0151. The zero-order chi connectivity index (χ0) is 18.4. The van der Waals surface area contributed by atoms with Gasteiger partial charge in [-0.05, 0) is 31.0 Å². The number of amides is 1. The van der Waals surface area contributed by atoms with Crippen molar-refractivity contribution in [2.75, 3.05) is 5.75 Å². The fourth-order valence-corrected chi connectivity index (χ4v) is 3.34. The Bertz CT molecular complexity index is 912. The van der Waals surface area contributed by atoms with Crippen LogP contribution in [0.2, 0.25) is 0 Å². The summed E-state index contributed by atoms with van der Waals surface area (Å²) < 4.78 is 0. The molecule has 0 bridgehead atoms. The molecule has 1 N–H and O–H groups in total. The highest BCUT2D eigenvalue weighted by Crippen LogP contribution is 2.19. The number of benzene rings is 2. The molecule has 1 atom stereocenters. The molecule has 3 rings (SSSR count). The van der Waals surface area contributed by atoms with Crippen LogP contribution in [0.25, 0.3) is 10.9 Å². The van der Waals surface area contributed by atoms with E-state index >= 15 is 0 Å². The number of thioether (sulfide) groups is 1. The Morgan fingerprint density at radius 2 is 1.73 bits per heavy atom. The third kappa shape index (κ3) is 4.92. The molecule has 5 heteroatoms. The smallest absolute Gasteiger partial charge is 0.231 e. The van der Waals surface area contributed by atoms with E-state index in [0.717, 1.165) is 21.5 Å². The molecular weight excluding hydrogens is 344 g/mol. The van der Waals surface area contributed by atoms with Gasteiger partial charge >= 0.3 is 0 Å². The van der Waals surface area contributed by atoms with Crippen LogP contribution in [-0.4, -0.2) is 28.5 Å². The molecule has 0 aliphatic carbocycles. The molecule has 0 fully saturated rings. The van der Waals surface area contributed by atoms with Gasteiger partial charge in [0.15, 0.2) is 5.78 Å². The minimum absolute atomic E-state index is 0.0453. The maximum atomic E-state index is 12.3. The number of nitrogens with zero attached hydrogens (tertiary/aromatic N) is 1. The Hall–Kier alpha value is -2.66.